The Kier molecular flexibility index (Phi) is 15.6. The van der Waals surface area contributed by atoms with Gasteiger partial charge in [0.1, 0.15) is 6.10 Å². The van der Waals surface area contributed by atoms with E-state index in [0.717, 1.165) is 62.1 Å². The van der Waals surface area contributed by atoms with Crippen molar-refractivity contribution in [1.29, 1.82) is 0 Å². The summed E-state index contributed by atoms with van der Waals surface area (Å²) in [7, 11) is 4.86. The number of hydrogen-bond acceptors (Lipinski definition) is 7. The van der Waals surface area contributed by atoms with Crippen LogP contribution in [0, 0.1) is 11.8 Å². The fourth-order valence-electron chi connectivity index (χ4n) is 6.75. The van der Waals surface area contributed by atoms with Crippen LogP contribution >= 0.6 is 0 Å². The fourth-order valence-corrected chi connectivity index (χ4v) is 6.75. The van der Waals surface area contributed by atoms with Crippen molar-refractivity contribution in [3.8, 4) is 11.1 Å². The van der Waals surface area contributed by atoms with Gasteiger partial charge < -0.3 is 28.7 Å². The largest absolute Gasteiger partial charge is 0.446 e. The predicted molar refractivity (Wildman–Crippen MR) is 197 cm³/mol. The highest BCUT2D eigenvalue weighted by atomic mass is 16.7. The number of nitrogens with zero attached hydrogens (tertiary/aromatic N) is 2. The van der Waals surface area contributed by atoms with Crippen LogP contribution in [0.5, 0.6) is 0 Å². The highest BCUT2D eigenvalue weighted by Crippen LogP contribution is 2.39. The zero-order valence-corrected chi connectivity index (χ0v) is 29.9. The third kappa shape index (κ3) is 11.7. The van der Waals surface area contributed by atoms with Gasteiger partial charge in [-0.3, -0.25) is 10.1 Å². The van der Waals surface area contributed by atoms with Gasteiger partial charge in [0.25, 0.3) is 0 Å². The van der Waals surface area contributed by atoms with Gasteiger partial charge in [-0.05, 0) is 60.3 Å². The van der Waals surface area contributed by atoms with Gasteiger partial charge in [-0.2, -0.15) is 0 Å². The van der Waals surface area contributed by atoms with E-state index >= 15 is 0 Å². The molecule has 1 aliphatic heterocycles. The molecular weight excluding hydrogens is 618 g/mol. The lowest BCUT2D eigenvalue weighted by atomic mass is 10.0. The van der Waals surface area contributed by atoms with E-state index in [1.165, 1.54) is 11.1 Å². The molecule has 3 aromatic rings. The van der Waals surface area contributed by atoms with Crippen molar-refractivity contribution >= 4 is 17.7 Å². The van der Waals surface area contributed by atoms with Gasteiger partial charge in [-0.15, -0.1) is 0 Å². The number of fused-ring (bicyclic) bond motifs is 1. The zero-order valence-electron chi connectivity index (χ0n) is 29.9. The molecule has 3 aromatic carbocycles. The first kappa shape index (κ1) is 38.0. The minimum absolute atomic E-state index is 0. The predicted octanol–water partition coefficient (Wildman–Crippen LogP) is 7.15. The van der Waals surface area contributed by atoms with Gasteiger partial charge in [0.05, 0.1) is 31.9 Å². The highest BCUT2D eigenvalue weighted by molar-refractivity contribution is 5.91. The molecule has 9 heteroatoms. The third-order valence-electron chi connectivity index (χ3n) is 9.42. The number of ether oxygens (including phenoxy) is 4. The normalized spacial score (nSPS) is 18.4. The number of hydrogen-bond donors (Lipinski definition) is 1. The number of benzene rings is 3. The molecule has 2 aliphatic rings. The molecule has 9 nitrogen and oxygen atoms in total. The number of likely N-dealkylation sites (N-methyl/N-ethyl adjacent to an activating group) is 1. The van der Waals surface area contributed by atoms with Crippen LogP contribution in [-0.4, -0.2) is 94.9 Å². The Bertz CT molecular complexity index is 1410. The molecular formula is C40H57N3O6. The molecule has 1 saturated heterocycles. The standard InChI is InChI=1S/C38H49N3O6.C2H6.H2/c1-40(27-37(44-2)45-3)36(42)19-22-46-21-18-29-15-13-28(14-16-29)17-20-41-25-31-23-33(24-32(31)26-41)47-38(43)39-35-12-8-7-11-34(35)30-9-5-4-6-10-30;1-2;/h4-16,31-33,37H,17-27H2,1-3H3,(H,39,43);1-2H3;1H. The van der Waals surface area contributed by atoms with Crippen LogP contribution in [0.2, 0.25) is 0 Å². The number of methoxy groups -OCH3 is 2. The Hall–Kier alpha value is -3.76. The Morgan fingerprint density at radius 2 is 1.47 bits per heavy atom. The van der Waals surface area contributed by atoms with E-state index in [0.29, 0.717) is 38.0 Å². The summed E-state index contributed by atoms with van der Waals surface area (Å²) in [4.78, 5) is 29.3. The van der Waals surface area contributed by atoms with E-state index in [-0.39, 0.29) is 19.5 Å². The minimum Gasteiger partial charge on any atom is -0.446 e. The first-order valence-electron chi connectivity index (χ1n) is 17.7. The molecule has 2 atom stereocenters. The van der Waals surface area contributed by atoms with Crippen LogP contribution in [0.1, 0.15) is 45.7 Å². The Balaban J connectivity index is 0.00000221. The van der Waals surface area contributed by atoms with Crippen LogP contribution in [0.25, 0.3) is 11.1 Å². The third-order valence-corrected chi connectivity index (χ3v) is 9.42. The first-order valence-corrected chi connectivity index (χ1v) is 17.7. The summed E-state index contributed by atoms with van der Waals surface area (Å²) in [5, 5.41) is 2.99. The van der Waals surface area contributed by atoms with E-state index in [1.807, 2.05) is 68.4 Å². The Labute approximate surface area is 294 Å². The van der Waals surface area contributed by atoms with Crippen LogP contribution in [0.3, 0.4) is 0 Å². The second-order valence-corrected chi connectivity index (χ2v) is 12.7. The molecule has 1 saturated carbocycles. The van der Waals surface area contributed by atoms with Gasteiger partial charge in [0.2, 0.25) is 5.91 Å². The van der Waals surface area contributed by atoms with Crippen molar-refractivity contribution in [2.75, 3.05) is 66.0 Å². The number of likely N-dealkylation sites (tertiary alicyclic amines) is 1. The van der Waals surface area contributed by atoms with E-state index in [4.69, 9.17) is 18.9 Å². The molecule has 0 spiro atoms. The van der Waals surface area contributed by atoms with E-state index in [1.54, 1.807) is 26.2 Å². The molecule has 2 fully saturated rings. The zero-order chi connectivity index (χ0) is 35.0. The van der Waals surface area contributed by atoms with Crippen molar-refractivity contribution in [3.63, 3.8) is 0 Å². The topological polar surface area (TPSA) is 89.6 Å². The number of rotatable bonds is 16. The van der Waals surface area contributed by atoms with Crippen molar-refractivity contribution in [2.45, 2.75) is 58.3 Å². The van der Waals surface area contributed by atoms with E-state index < -0.39 is 6.29 Å². The molecule has 1 N–H and O–H groups in total. The lowest BCUT2D eigenvalue weighted by Crippen LogP contribution is -2.36. The smallest absolute Gasteiger partial charge is 0.411 e. The van der Waals surface area contributed by atoms with Crippen molar-refractivity contribution < 1.29 is 30.0 Å². The van der Waals surface area contributed by atoms with Gasteiger partial charge >= 0.3 is 6.09 Å². The monoisotopic (exact) mass is 675 g/mol. The van der Waals surface area contributed by atoms with Crippen molar-refractivity contribution in [3.05, 3.63) is 90.0 Å². The summed E-state index contributed by atoms with van der Waals surface area (Å²) in [5.41, 5.74) is 5.37. The number of nitrogens with one attached hydrogen (secondary N) is 1. The van der Waals surface area contributed by atoms with Crippen LogP contribution in [0.4, 0.5) is 10.5 Å². The molecule has 0 aromatic heterocycles. The molecule has 268 valence electrons. The second-order valence-electron chi connectivity index (χ2n) is 12.7. The Morgan fingerprint density at radius 1 is 0.857 bits per heavy atom. The minimum atomic E-state index is -0.423. The van der Waals surface area contributed by atoms with Gasteiger partial charge in [-0.1, -0.05) is 86.6 Å². The highest BCUT2D eigenvalue weighted by Gasteiger charge is 2.42. The van der Waals surface area contributed by atoms with Crippen LogP contribution < -0.4 is 5.32 Å². The number of amides is 2. The summed E-state index contributed by atoms with van der Waals surface area (Å²) in [6, 6.07) is 26.7. The molecule has 2 amide bonds. The Morgan fingerprint density at radius 3 is 2.12 bits per heavy atom. The quantitative estimate of drug-likeness (QED) is 0.127. The van der Waals surface area contributed by atoms with E-state index in [9.17, 15) is 9.59 Å². The van der Waals surface area contributed by atoms with Crippen LogP contribution in [-0.2, 0) is 36.6 Å². The molecule has 49 heavy (non-hydrogen) atoms. The SMILES string of the molecule is CC.COC(CN(C)C(=O)CCOCCc1ccc(CCN2CC3CC(OC(=O)Nc4ccccc4-c4ccccc4)CC3C2)cc1)OC.[HH]. The summed E-state index contributed by atoms with van der Waals surface area (Å²) in [6.45, 7) is 8.53. The van der Waals surface area contributed by atoms with Gasteiger partial charge in [0, 0.05) is 47.9 Å². The number of carbonyl (C=O) groups is 2. The summed E-state index contributed by atoms with van der Waals surface area (Å²) >= 11 is 0. The lowest BCUT2D eigenvalue weighted by molar-refractivity contribution is -0.143. The first-order chi connectivity index (χ1) is 23.9. The number of para-hydroxylation sites is 1. The van der Waals surface area contributed by atoms with Gasteiger partial charge in [-0.25, -0.2) is 4.79 Å². The maximum atomic E-state index is 12.8. The fraction of sp³-hybridized carbons (Fsp3) is 0.500. The van der Waals surface area contributed by atoms with Gasteiger partial charge in [0.15, 0.2) is 6.29 Å². The maximum absolute atomic E-state index is 12.8. The molecule has 0 bridgehead atoms. The maximum Gasteiger partial charge on any atom is 0.411 e. The van der Waals surface area contributed by atoms with E-state index in [2.05, 4.69) is 34.5 Å². The summed E-state index contributed by atoms with van der Waals surface area (Å²) in [5.74, 6) is 1.16. The number of anilines is 1. The molecule has 1 aliphatic carbocycles. The average Bonchev–Trinajstić information content (AvgIpc) is 3.69. The molecule has 0 radical (unpaired) electrons. The van der Waals surface area contributed by atoms with Crippen molar-refractivity contribution in [2.24, 2.45) is 11.8 Å². The van der Waals surface area contributed by atoms with Crippen LogP contribution in [0.15, 0.2) is 78.9 Å². The van der Waals surface area contributed by atoms with Crippen molar-refractivity contribution in [1.82, 2.24) is 9.80 Å². The summed E-state index contributed by atoms with van der Waals surface area (Å²) in [6.07, 6.45) is 3.20. The molecule has 1 heterocycles. The average molecular weight is 676 g/mol. The second kappa shape index (κ2) is 20.0. The molecule has 5 rings (SSSR count). The molecule has 2 unspecified atom stereocenters. The summed E-state index contributed by atoms with van der Waals surface area (Å²) < 4.78 is 21.9. The lowest BCUT2D eigenvalue weighted by Gasteiger charge is -2.22. The number of carbonyl (C=O) groups excluding carboxylic acids is 2.